The van der Waals surface area contributed by atoms with Crippen LogP contribution in [0.2, 0.25) is 0 Å². The largest absolute Gasteiger partial charge is 0.492 e. The van der Waals surface area contributed by atoms with Gasteiger partial charge in [0.05, 0.1) is 12.3 Å². The average molecular weight is 403 g/mol. The summed E-state index contributed by atoms with van der Waals surface area (Å²) in [6, 6.07) is 14.7. The highest BCUT2D eigenvalue weighted by Crippen LogP contribution is 2.30. The Morgan fingerprint density at radius 2 is 1.83 bits per heavy atom. The molecule has 4 rings (SSSR count). The third kappa shape index (κ3) is 4.51. The second-order valence-electron chi connectivity index (χ2n) is 7.01. The van der Waals surface area contributed by atoms with Crippen LogP contribution in [0.3, 0.4) is 0 Å². The standard InChI is InChI=1S/C23H25N5O2/c1-2-30-20-11-4-3-10-19(20)27-23(29)26-18-9-7-8-17(16-18)21-22(25-13-12-24-21)28-14-5-6-15-28/h3-4,7-13,16H,2,5-6,14-15H2,1H3,(H2,26,27,29). The lowest BCUT2D eigenvalue weighted by atomic mass is 10.1. The predicted octanol–water partition coefficient (Wildman–Crippen LogP) is 4.79. The molecule has 7 heteroatoms. The van der Waals surface area contributed by atoms with Crippen LogP contribution in [0.1, 0.15) is 19.8 Å². The number of urea groups is 1. The van der Waals surface area contributed by atoms with Gasteiger partial charge in [0.25, 0.3) is 0 Å². The third-order valence-corrected chi connectivity index (χ3v) is 4.91. The number of para-hydroxylation sites is 2. The van der Waals surface area contributed by atoms with Gasteiger partial charge >= 0.3 is 6.03 Å². The van der Waals surface area contributed by atoms with Gasteiger partial charge in [-0.3, -0.25) is 4.98 Å². The summed E-state index contributed by atoms with van der Waals surface area (Å²) >= 11 is 0. The van der Waals surface area contributed by atoms with Gasteiger partial charge < -0.3 is 20.3 Å². The van der Waals surface area contributed by atoms with Gasteiger partial charge in [-0.2, -0.15) is 0 Å². The molecule has 2 heterocycles. The number of hydrogen-bond donors (Lipinski definition) is 2. The number of anilines is 3. The molecular formula is C23H25N5O2. The van der Waals surface area contributed by atoms with E-state index in [1.165, 1.54) is 12.8 Å². The van der Waals surface area contributed by atoms with Crippen molar-refractivity contribution in [3.05, 3.63) is 60.9 Å². The van der Waals surface area contributed by atoms with Crippen LogP contribution in [0.15, 0.2) is 60.9 Å². The number of carbonyl (C=O) groups excluding carboxylic acids is 1. The van der Waals surface area contributed by atoms with Crippen molar-refractivity contribution in [3.63, 3.8) is 0 Å². The highest BCUT2D eigenvalue weighted by Gasteiger charge is 2.19. The van der Waals surface area contributed by atoms with Crippen molar-refractivity contribution in [3.8, 4) is 17.0 Å². The van der Waals surface area contributed by atoms with Gasteiger partial charge in [0, 0.05) is 36.7 Å². The number of carbonyl (C=O) groups is 1. The fourth-order valence-corrected chi connectivity index (χ4v) is 3.57. The molecule has 0 spiro atoms. The zero-order valence-corrected chi connectivity index (χ0v) is 17.0. The number of aromatic nitrogens is 2. The average Bonchev–Trinajstić information content (AvgIpc) is 3.30. The lowest BCUT2D eigenvalue weighted by molar-refractivity contribution is 0.262. The van der Waals surface area contributed by atoms with Crippen LogP contribution in [-0.2, 0) is 0 Å². The molecule has 7 nitrogen and oxygen atoms in total. The van der Waals surface area contributed by atoms with Crippen LogP contribution in [-0.4, -0.2) is 35.7 Å². The quantitative estimate of drug-likeness (QED) is 0.619. The molecule has 1 aliphatic heterocycles. The van der Waals surface area contributed by atoms with Gasteiger partial charge in [0.2, 0.25) is 0 Å². The zero-order valence-electron chi connectivity index (χ0n) is 17.0. The molecule has 0 unspecified atom stereocenters. The predicted molar refractivity (Wildman–Crippen MR) is 119 cm³/mol. The number of hydrogen-bond acceptors (Lipinski definition) is 5. The lowest BCUT2D eigenvalue weighted by Gasteiger charge is -2.19. The van der Waals surface area contributed by atoms with Gasteiger partial charge in [0.15, 0.2) is 5.82 Å². The second-order valence-corrected chi connectivity index (χ2v) is 7.01. The maximum Gasteiger partial charge on any atom is 0.323 e. The van der Waals surface area contributed by atoms with E-state index in [1.807, 2.05) is 55.5 Å². The molecule has 154 valence electrons. The normalized spacial score (nSPS) is 13.2. The van der Waals surface area contributed by atoms with Crippen molar-refractivity contribution in [2.24, 2.45) is 0 Å². The summed E-state index contributed by atoms with van der Waals surface area (Å²) < 4.78 is 5.56. The van der Waals surface area contributed by atoms with Crippen molar-refractivity contribution in [2.75, 3.05) is 35.2 Å². The molecule has 0 radical (unpaired) electrons. The molecule has 0 bridgehead atoms. The third-order valence-electron chi connectivity index (χ3n) is 4.91. The van der Waals surface area contributed by atoms with E-state index in [0.29, 0.717) is 23.7 Å². The molecule has 1 fully saturated rings. The number of nitrogens with one attached hydrogen (secondary N) is 2. The molecule has 1 saturated heterocycles. The lowest BCUT2D eigenvalue weighted by Crippen LogP contribution is -2.20. The second kappa shape index (κ2) is 9.26. The Morgan fingerprint density at radius 1 is 1.03 bits per heavy atom. The fraction of sp³-hybridized carbons (Fsp3) is 0.261. The minimum absolute atomic E-state index is 0.335. The van der Waals surface area contributed by atoms with E-state index in [9.17, 15) is 4.79 Å². The molecule has 0 aliphatic carbocycles. The molecule has 30 heavy (non-hydrogen) atoms. The molecule has 1 aliphatic rings. The maximum absolute atomic E-state index is 12.5. The van der Waals surface area contributed by atoms with Crippen LogP contribution in [0, 0.1) is 0 Å². The van der Waals surface area contributed by atoms with Crippen LogP contribution in [0.5, 0.6) is 5.75 Å². The minimum Gasteiger partial charge on any atom is -0.492 e. The molecule has 0 atom stereocenters. The summed E-state index contributed by atoms with van der Waals surface area (Å²) in [5.74, 6) is 1.53. The Morgan fingerprint density at radius 3 is 2.67 bits per heavy atom. The number of amides is 2. The fourth-order valence-electron chi connectivity index (χ4n) is 3.57. The van der Waals surface area contributed by atoms with Crippen LogP contribution >= 0.6 is 0 Å². The Hall–Kier alpha value is -3.61. The number of nitrogens with zero attached hydrogens (tertiary/aromatic N) is 3. The molecular weight excluding hydrogens is 378 g/mol. The molecule has 1 aromatic heterocycles. The van der Waals surface area contributed by atoms with E-state index in [2.05, 4.69) is 25.5 Å². The van der Waals surface area contributed by atoms with Gasteiger partial charge in [-0.15, -0.1) is 0 Å². The summed E-state index contributed by atoms with van der Waals surface area (Å²) in [7, 11) is 0. The molecule has 2 aromatic carbocycles. The monoisotopic (exact) mass is 403 g/mol. The zero-order chi connectivity index (χ0) is 20.8. The molecule has 2 N–H and O–H groups in total. The van der Waals surface area contributed by atoms with Gasteiger partial charge in [-0.1, -0.05) is 24.3 Å². The maximum atomic E-state index is 12.5. The van der Waals surface area contributed by atoms with Gasteiger partial charge in [-0.05, 0) is 44.0 Å². The minimum atomic E-state index is -0.335. The number of benzene rings is 2. The summed E-state index contributed by atoms with van der Waals surface area (Å²) in [5, 5.41) is 5.74. The first-order valence-corrected chi connectivity index (χ1v) is 10.2. The molecule has 2 amide bonds. The summed E-state index contributed by atoms with van der Waals surface area (Å²) in [4.78, 5) is 23.9. The van der Waals surface area contributed by atoms with Crippen molar-refractivity contribution >= 4 is 23.2 Å². The van der Waals surface area contributed by atoms with Crippen molar-refractivity contribution < 1.29 is 9.53 Å². The van der Waals surface area contributed by atoms with E-state index in [1.54, 1.807) is 12.4 Å². The Kier molecular flexibility index (Phi) is 6.08. The molecule has 0 saturated carbocycles. The van der Waals surface area contributed by atoms with E-state index in [-0.39, 0.29) is 6.03 Å². The summed E-state index contributed by atoms with van der Waals surface area (Å²) in [6.45, 7) is 4.42. The SMILES string of the molecule is CCOc1ccccc1NC(=O)Nc1cccc(-c2nccnc2N2CCCC2)c1. The first kappa shape index (κ1) is 19.7. The van der Waals surface area contributed by atoms with E-state index in [4.69, 9.17) is 4.74 Å². The Bertz CT molecular complexity index is 1020. The summed E-state index contributed by atoms with van der Waals surface area (Å²) in [6.07, 6.45) is 5.76. The van der Waals surface area contributed by atoms with Gasteiger partial charge in [0.1, 0.15) is 11.4 Å². The van der Waals surface area contributed by atoms with Crippen molar-refractivity contribution in [2.45, 2.75) is 19.8 Å². The molecule has 3 aromatic rings. The number of rotatable bonds is 6. The smallest absolute Gasteiger partial charge is 0.323 e. The Labute approximate surface area is 176 Å². The first-order valence-electron chi connectivity index (χ1n) is 10.2. The van der Waals surface area contributed by atoms with Crippen molar-refractivity contribution in [1.29, 1.82) is 0 Å². The van der Waals surface area contributed by atoms with E-state index < -0.39 is 0 Å². The van der Waals surface area contributed by atoms with Gasteiger partial charge in [-0.25, -0.2) is 9.78 Å². The highest BCUT2D eigenvalue weighted by molar-refractivity contribution is 6.01. The number of ether oxygens (including phenoxy) is 1. The topological polar surface area (TPSA) is 79.4 Å². The summed E-state index contributed by atoms with van der Waals surface area (Å²) in [5.41, 5.74) is 3.04. The van der Waals surface area contributed by atoms with E-state index in [0.717, 1.165) is 30.2 Å². The van der Waals surface area contributed by atoms with Crippen LogP contribution in [0.25, 0.3) is 11.3 Å². The highest BCUT2D eigenvalue weighted by atomic mass is 16.5. The van der Waals surface area contributed by atoms with Crippen molar-refractivity contribution in [1.82, 2.24) is 9.97 Å². The Balaban J connectivity index is 1.52. The van der Waals surface area contributed by atoms with Crippen LogP contribution < -0.4 is 20.3 Å². The first-order chi connectivity index (χ1) is 14.7. The van der Waals surface area contributed by atoms with Crippen LogP contribution in [0.4, 0.5) is 22.0 Å². The van der Waals surface area contributed by atoms with E-state index >= 15 is 0 Å².